The van der Waals surface area contributed by atoms with Gasteiger partial charge in [0.2, 0.25) is 10.0 Å². The summed E-state index contributed by atoms with van der Waals surface area (Å²) >= 11 is 0. The molecule has 0 saturated heterocycles. The normalized spacial score (nSPS) is 14.6. The first-order valence-electron chi connectivity index (χ1n) is 7.91. The van der Waals surface area contributed by atoms with E-state index in [1.54, 1.807) is 18.2 Å². The zero-order valence-electron chi connectivity index (χ0n) is 13.7. The predicted molar refractivity (Wildman–Crippen MR) is 92.2 cm³/mol. The fourth-order valence-electron chi connectivity index (χ4n) is 2.69. The largest absolute Gasteiger partial charge is 0.493 e. The molecule has 0 aliphatic carbocycles. The molecule has 0 aromatic heterocycles. The fraction of sp³-hybridized carbons (Fsp3) is 0.278. The van der Waals surface area contributed by atoms with Crippen molar-refractivity contribution >= 4 is 15.8 Å². The zero-order valence-corrected chi connectivity index (χ0v) is 14.5. The van der Waals surface area contributed by atoms with Gasteiger partial charge in [0.05, 0.1) is 17.6 Å². The summed E-state index contributed by atoms with van der Waals surface area (Å²) in [5, 5.41) is 10.3. The van der Waals surface area contributed by atoms with Crippen molar-refractivity contribution in [3.8, 4) is 5.75 Å². The molecule has 0 amide bonds. The number of aliphatic hydroxyl groups is 1. The molecular weight excluding hydrogens is 342 g/mol. The lowest BCUT2D eigenvalue weighted by Crippen LogP contribution is -2.28. The summed E-state index contributed by atoms with van der Waals surface area (Å²) in [6, 6.07) is 11.1. The minimum absolute atomic E-state index is 0.00486. The maximum absolute atomic E-state index is 12.4. The van der Waals surface area contributed by atoms with Crippen molar-refractivity contribution in [2.75, 3.05) is 13.2 Å². The molecular formula is C18H19NO5S. The first-order chi connectivity index (χ1) is 11.9. The third-order valence-electron chi connectivity index (χ3n) is 4.12. The number of hydrogen-bond donors (Lipinski definition) is 2. The minimum Gasteiger partial charge on any atom is -0.493 e. The van der Waals surface area contributed by atoms with E-state index >= 15 is 0 Å². The highest BCUT2D eigenvalue weighted by Gasteiger charge is 2.19. The molecule has 25 heavy (non-hydrogen) atoms. The van der Waals surface area contributed by atoms with E-state index in [1.807, 2.05) is 6.07 Å². The molecule has 1 aliphatic heterocycles. The first kappa shape index (κ1) is 17.6. The van der Waals surface area contributed by atoms with Crippen LogP contribution in [0.25, 0.3) is 0 Å². The maximum atomic E-state index is 12.4. The maximum Gasteiger partial charge on any atom is 0.240 e. The molecule has 6 nitrogen and oxygen atoms in total. The average molecular weight is 361 g/mol. The van der Waals surface area contributed by atoms with Crippen molar-refractivity contribution in [2.45, 2.75) is 24.3 Å². The number of ketones is 1. The van der Waals surface area contributed by atoms with Crippen LogP contribution in [0.4, 0.5) is 0 Å². The van der Waals surface area contributed by atoms with Crippen molar-refractivity contribution in [1.29, 1.82) is 0 Å². The molecule has 2 aromatic carbocycles. The summed E-state index contributed by atoms with van der Waals surface area (Å²) in [6.45, 7) is 1.83. The number of carbonyl (C=O) groups is 1. The molecule has 0 spiro atoms. The Kier molecular flexibility index (Phi) is 4.89. The molecule has 1 heterocycles. The van der Waals surface area contributed by atoms with Gasteiger partial charge in [-0.05, 0) is 42.3 Å². The lowest BCUT2D eigenvalue weighted by atomic mass is 10.0. The van der Waals surface area contributed by atoms with Crippen LogP contribution in [0.15, 0.2) is 47.4 Å². The number of hydrogen-bond acceptors (Lipinski definition) is 5. The molecule has 0 bridgehead atoms. The number of aliphatic hydroxyl groups excluding tert-OH is 1. The van der Waals surface area contributed by atoms with Gasteiger partial charge in [0, 0.05) is 18.5 Å². The van der Waals surface area contributed by atoms with E-state index in [0.717, 1.165) is 17.7 Å². The quantitative estimate of drug-likeness (QED) is 0.766. The molecule has 7 heteroatoms. The number of carbonyl (C=O) groups excluding carboxylic acids is 1. The molecule has 2 aromatic rings. The number of fused-ring (bicyclic) bond motifs is 1. The van der Waals surface area contributed by atoms with Crippen LogP contribution < -0.4 is 9.46 Å². The second kappa shape index (κ2) is 6.95. The zero-order chi connectivity index (χ0) is 18.0. The van der Waals surface area contributed by atoms with Crippen molar-refractivity contribution < 1.29 is 23.1 Å². The van der Waals surface area contributed by atoms with Crippen LogP contribution in [0.3, 0.4) is 0 Å². The monoisotopic (exact) mass is 361 g/mol. The third-order valence-corrected chi connectivity index (χ3v) is 5.54. The molecule has 3 rings (SSSR count). The van der Waals surface area contributed by atoms with Crippen LogP contribution >= 0.6 is 0 Å². The van der Waals surface area contributed by atoms with E-state index in [9.17, 15) is 18.3 Å². The highest BCUT2D eigenvalue weighted by atomic mass is 32.2. The molecule has 1 aliphatic rings. The topological polar surface area (TPSA) is 92.7 Å². The second-order valence-electron chi connectivity index (χ2n) is 5.92. The van der Waals surface area contributed by atoms with Crippen LogP contribution in [0.5, 0.6) is 5.75 Å². The van der Waals surface area contributed by atoms with Crippen molar-refractivity contribution in [3.05, 3.63) is 59.2 Å². The van der Waals surface area contributed by atoms with Crippen molar-refractivity contribution in [1.82, 2.24) is 4.72 Å². The summed E-state index contributed by atoms with van der Waals surface area (Å²) < 4.78 is 32.6. The molecule has 0 fully saturated rings. The lowest BCUT2D eigenvalue weighted by molar-refractivity contribution is 0.101. The van der Waals surface area contributed by atoms with E-state index in [-0.39, 0.29) is 17.2 Å². The van der Waals surface area contributed by atoms with E-state index < -0.39 is 16.1 Å². The van der Waals surface area contributed by atoms with Crippen molar-refractivity contribution in [3.63, 3.8) is 0 Å². The Hall–Kier alpha value is -2.22. The number of benzene rings is 2. The summed E-state index contributed by atoms with van der Waals surface area (Å²) in [4.78, 5) is 11.4. The smallest absolute Gasteiger partial charge is 0.240 e. The van der Waals surface area contributed by atoms with Gasteiger partial charge in [-0.1, -0.05) is 18.2 Å². The number of rotatable bonds is 6. The number of Topliss-reactive ketones (excluding diaryl/α,β-unsaturated/α-hetero) is 1. The Balaban J connectivity index is 1.71. The van der Waals surface area contributed by atoms with E-state index in [0.29, 0.717) is 17.7 Å². The summed E-state index contributed by atoms with van der Waals surface area (Å²) in [7, 11) is -3.82. The Morgan fingerprint density at radius 3 is 2.84 bits per heavy atom. The Morgan fingerprint density at radius 1 is 1.28 bits per heavy atom. The van der Waals surface area contributed by atoms with Crippen LogP contribution in [-0.4, -0.2) is 32.5 Å². The predicted octanol–water partition coefficient (Wildman–Crippen LogP) is 1.84. The third kappa shape index (κ3) is 3.89. The first-order valence-corrected chi connectivity index (χ1v) is 9.39. The lowest BCUT2D eigenvalue weighted by Gasteiger charge is -2.14. The highest BCUT2D eigenvalue weighted by Crippen LogP contribution is 2.28. The highest BCUT2D eigenvalue weighted by molar-refractivity contribution is 7.89. The number of ether oxygens (including phenoxy) is 1. The van der Waals surface area contributed by atoms with Gasteiger partial charge in [-0.25, -0.2) is 13.1 Å². The SMILES string of the molecule is CC(=O)c1cccc(S(=O)(=O)NC[C@@H](O)c2ccc3c(c2)CCO3)c1. The molecule has 2 N–H and O–H groups in total. The Morgan fingerprint density at radius 2 is 2.08 bits per heavy atom. The molecule has 132 valence electrons. The van der Waals surface area contributed by atoms with Gasteiger partial charge in [-0.2, -0.15) is 0 Å². The summed E-state index contributed by atoms with van der Waals surface area (Å²) in [5.41, 5.74) is 1.96. The van der Waals surface area contributed by atoms with Crippen LogP contribution in [0, 0.1) is 0 Å². The van der Waals surface area contributed by atoms with Crippen LogP contribution in [0.2, 0.25) is 0 Å². The average Bonchev–Trinajstić information content (AvgIpc) is 3.07. The van der Waals surface area contributed by atoms with Gasteiger partial charge >= 0.3 is 0 Å². The molecule has 0 saturated carbocycles. The second-order valence-corrected chi connectivity index (χ2v) is 7.68. The molecule has 0 unspecified atom stereocenters. The fourth-order valence-corrected chi connectivity index (χ4v) is 3.77. The molecule has 1 atom stereocenters. The van der Waals surface area contributed by atoms with Gasteiger partial charge in [-0.15, -0.1) is 0 Å². The van der Waals surface area contributed by atoms with Gasteiger partial charge in [-0.3, -0.25) is 4.79 Å². The Bertz CT molecular complexity index is 907. The van der Waals surface area contributed by atoms with Crippen LogP contribution in [0.1, 0.15) is 34.5 Å². The van der Waals surface area contributed by atoms with Gasteiger partial charge < -0.3 is 9.84 Å². The summed E-state index contributed by atoms with van der Waals surface area (Å²) in [6.07, 6.45) is -0.198. The van der Waals surface area contributed by atoms with Gasteiger partial charge in [0.15, 0.2) is 5.78 Å². The Labute approximate surface area is 146 Å². The van der Waals surface area contributed by atoms with Crippen LogP contribution in [-0.2, 0) is 16.4 Å². The number of sulfonamides is 1. The van der Waals surface area contributed by atoms with E-state index in [1.165, 1.54) is 25.1 Å². The molecule has 0 radical (unpaired) electrons. The number of nitrogens with one attached hydrogen (secondary N) is 1. The van der Waals surface area contributed by atoms with E-state index in [4.69, 9.17) is 4.74 Å². The van der Waals surface area contributed by atoms with Crippen molar-refractivity contribution in [2.24, 2.45) is 0 Å². The van der Waals surface area contributed by atoms with Gasteiger partial charge in [0.1, 0.15) is 5.75 Å². The summed E-state index contributed by atoms with van der Waals surface area (Å²) in [5.74, 6) is 0.593. The van der Waals surface area contributed by atoms with E-state index in [2.05, 4.69) is 4.72 Å². The minimum atomic E-state index is -3.82. The van der Waals surface area contributed by atoms with Gasteiger partial charge in [0.25, 0.3) is 0 Å². The standard InChI is InChI=1S/C18H19NO5S/c1-12(20)13-3-2-4-16(10-13)25(22,23)19-11-17(21)14-5-6-18-15(9-14)7-8-24-18/h2-6,9-10,17,19,21H,7-8,11H2,1H3/t17-/m1/s1.